The molecule has 2 rings (SSSR count). The number of hydrogen-bond acceptors (Lipinski definition) is 3. The third-order valence-corrected chi connectivity index (χ3v) is 2.36. The lowest BCUT2D eigenvalue weighted by Crippen LogP contribution is -2.36. The first-order valence-electron chi connectivity index (χ1n) is 4.30. The van der Waals surface area contributed by atoms with Crippen LogP contribution in [-0.2, 0) is 0 Å². The van der Waals surface area contributed by atoms with E-state index in [9.17, 15) is 0 Å². The van der Waals surface area contributed by atoms with Crippen molar-refractivity contribution in [2.75, 3.05) is 29.9 Å². The van der Waals surface area contributed by atoms with Gasteiger partial charge in [0.15, 0.2) is 6.19 Å². The highest BCUT2D eigenvalue weighted by Crippen LogP contribution is 2.30. The molecule has 1 heterocycles. The summed E-state index contributed by atoms with van der Waals surface area (Å²) in [5.74, 6) is 0. The van der Waals surface area contributed by atoms with Crippen molar-refractivity contribution in [2.45, 2.75) is 0 Å². The van der Waals surface area contributed by atoms with Gasteiger partial charge in [0.25, 0.3) is 0 Å². The molecule has 1 aliphatic rings. The Bertz CT molecular complexity index is 353. The van der Waals surface area contributed by atoms with Crippen LogP contribution >= 0.6 is 0 Å². The molecular formula is C10H11N3. The number of fused-ring (bicyclic) bond motifs is 1. The van der Waals surface area contributed by atoms with Crippen LogP contribution in [0.1, 0.15) is 0 Å². The van der Waals surface area contributed by atoms with Crippen molar-refractivity contribution in [3.05, 3.63) is 24.3 Å². The molecular weight excluding hydrogens is 162 g/mol. The first-order valence-corrected chi connectivity index (χ1v) is 4.30. The summed E-state index contributed by atoms with van der Waals surface area (Å²) in [5, 5.41) is 8.88. The van der Waals surface area contributed by atoms with Crippen molar-refractivity contribution >= 4 is 11.4 Å². The Morgan fingerprint density at radius 2 is 1.92 bits per heavy atom. The zero-order chi connectivity index (χ0) is 9.26. The molecule has 0 saturated carbocycles. The van der Waals surface area contributed by atoms with Crippen LogP contribution in [0.4, 0.5) is 11.4 Å². The van der Waals surface area contributed by atoms with E-state index >= 15 is 0 Å². The first kappa shape index (κ1) is 7.93. The highest BCUT2D eigenvalue weighted by atomic mass is 15.2. The van der Waals surface area contributed by atoms with Crippen LogP contribution in [0.3, 0.4) is 0 Å². The van der Waals surface area contributed by atoms with E-state index in [4.69, 9.17) is 5.26 Å². The van der Waals surface area contributed by atoms with Crippen LogP contribution in [0.2, 0.25) is 0 Å². The lowest BCUT2D eigenvalue weighted by atomic mass is 10.2. The quantitative estimate of drug-likeness (QED) is 0.556. The number of benzene rings is 1. The van der Waals surface area contributed by atoms with E-state index < -0.39 is 0 Å². The molecule has 3 heteroatoms. The fourth-order valence-electron chi connectivity index (χ4n) is 1.61. The average Bonchev–Trinajstić information content (AvgIpc) is 2.19. The minimum Gasteiger partial charge on any atom is -0.371 e. The maximum atomic E-state index is 8.88. The van der Waals surface area contributed by atoms with Crippen LogP contribution in [0.5, 0.6) is 0 Å². The Balaban J connectivity index is 2.49. The van der Waals surface area contributed by atoms with Crippen molar-refractivity contribution < 1.29 is 0 Å². The third-order valence-electron chi connectivity index (χ3n) is 2.36. The summed E-state index contributed by atoms with van der Waals surface area (Å²) in [6.07, 6.45) is 2.19. The van der Waals surface area contributed by atoms with E-state index in [0.29, 0.717) is 0 Å². The average molecular weight is 173 g/mol. The molecule has 1 aromatic carbocycles. The lowest BCUT2D eigenvalue weighted by molar-refractivity contribution is 0.823. The molecule has 13 heavy (non-hydrogen) atoms. The minimum atomic E-state index is 0.782. The molecule has 0 aromatic heterocycles. The van der Waals surface area contributed by atoms with Gasteiger partial charge in [-0.25, -0.2) is 0 Å². The van der Waals surface area contributed by atoms with Crippen LogP contribution in [-0.4, -0.2) is 20.1 Å². The molecule has 3 nitrogen and oxygen atoms in total. The maximum Gasteiger partial charge on any atom is 0.184 e. The van der Waals surface area contributed by atoms with Gasteiger partial charge in [0, 0.05) is 13.6 Å². The second-order valence-electron chi connectivity index (χ2n) is 3.16. The Hall–Kier alpha value is -1.69. The largest absolute Gasteiger partial charge is 0.371 e. The van der Waals surface area contributed by atoms with Crippen LogP contribution in [0.25, 0.3) is 0 Å². The molecule has 0 spiro atoms. The third kappa shape index (κ3) is 1.20. The zero-order valence-electron chi connectivity index (χ0n) is 7.57. The van der Waals surface area contributed by atoms with Gasteiger partial charge in [-0.2, -0.15) is 5.26 Å². The first-order chi connectivity index (χ1) is 6.33. The molecule has 1 aliphatic heterocycles. The normalized spacial score (nSPS) is 15.1. The number of para-hydroxylation sites is 2. The summed E-state index contributed by atoms with van der Waals surface area (Å²) in [6.45, 7) is 1.69. The number of anilines is 2. The van der Waals surface area contributed by atoms with E-state index in [2.05, 4.69) is 11.1 Å². The SMILES string of the molecule is CN1CCN(C#N)c2ccccc21. The van der Waals surface area contributed by atoms with Crippen LogP contribution < -0.4 is 9.80 Å². The number of hydrogen-bond donors (Lipinski definition) is 0. The van der Waals surface area contributed by atoms with Gasteiger partial charge in [-0.1, -0.05) is 12.1 Å². The standard InChI is InChI=1S/C10H11N3/c1-12-6-7-13(8-11)10-5-3-2-4-9(10)12/h2-5H,6-7H2,1H3. The van der Waals surface area contributed by atoms with Gasteiger partial charge in [-0.3, -0.25) is 4.90 Å². The van der Waals surface area contributed by atoms with Gasteiger partial charge in [0.2, 0.25) is 0 Å². The summed E-state index contributed by atoms with van der Waals surface area (Å²) in [4.78, 5) is 3.90. The number of rotatable bonds is 0. The molecule has 66 valence electrons. The van der Waals surface area contributed by atoms with Gasteiger partial charge in [-0.15, -0.1) is 0 Å². The topological polar surface area (TPSA) is 30.3 Å². The molecule has 0 saturated heterocycles. The second-order valence-corrected chi connectivity index (χ2v) is 3.16. The minimum absolute atomic E-state index is 0.782. The molecule has 0 amide bonds. The van der Waals surface area contributed by atoms with Gasteiger partial charge in [-0.05, 0) is 12.1 Å². The van der Waals surface area contributed by atoms with Crippen LogP contribution in [0.15, 0.2) is 24.3 Å². The van der Waals surface area contributed by atoms with Gasteiger partial charge >= 0.3 is 0 Å². The zero-order valence-corrected chi connectivity index (χ0v) is 7.57. The van der Waals surface area contributed by atoms with Gasteiger partial charge < -0.3 is 4.90 Å². The monoisotopic (exact) mass is 173 g/mol. The molecule has 0 N–H and O–H groups in total. The van der Waals surface area contributed by atoms with Crippen molar-refractivity contribution in [1.82, 2.24) is 0 Å². The Morgan fingerprint density at radius 1 is 1.23 bits per heavy atom. The van der Waals surface area contributed by atoms with Crippen molar-refractivity contribution in [2.24, 2.45) is 0 Å². The summed E-state index contributed by atoms with van der Waals surface area (Å²) in [6, 6.07) is 7.98. The Morgan fingerprint density at radius 3 is 2.62 bits per heavy atom. The maximum absolute atomic E-state index is 8.88. The van der Waals surface area contributed by atoms with Crippen LogP contribution in [0, 0.1) is 11.5 Å². The predicted molar refractivity (Wildman–Crippen MR) is 52.7 cm³/mol. The fraction of sp³-hybridized carbons (Fsp3) is 0.300. The highest BCUT2D eigenvalue weighted by molar-refractivity contribution is 5.74. The number of nitrogens with zero attached hydrogens (tertiary/aromatic N) is 3. The van der Waals surface area contributed by atoms with Crippen molar-refractivity contribution in [3.8, 4) is 6.19 Å². The summed E-state index contributed by atoms with van der Waals surface area (Å²) >= 11 is 0. The van der Waals surface area contributed by atoms with Gasteiger partial charge in [0.1, 0.15) is 0 Å². The number of likely N-dealkylation sites (N-methyl/N-ethyl adjacent to an activating group) is 1. The molecule has 1 aromatic rings. The molecule has 0 bridgehead atoms. The fourth-order valence-corrected chi connectivity index (χ4v) is 1.61. The van der Waals surface area contributed by atoms with E-state index in [1.54, 1.807) is 4.90 Å². The van der Waals surface area contributed by atoms with Gasteiger partial charge in [0.05, 0.1) is 17.9 Å². The van der Waals surface area contributed by atoms with E-state index in [1.165, 1.54) is 0 Å². The second kappa shape index (κ2) is 2.98. The van der Waals surface area contributed by atoms with Crippen molar-refractivity contribution in [3.63, 3.8) is 0 Å². The molecule has 0 radical (unpaired) electrons. The Kier molecular flexibility index (Phi) is 1.82. The van der Waals surface area contributed by atoms with E-state index in [0.717, 1.165) is 24.5 Å². The molecule has 0 aliphatic carbocycles. The highest BCUT2D eigenvalue weighted by Gasteiger charge is 2.18. The summed E-state index contributed by atoms with van der Waals surface area (Å²) < 4.78 is 0. The lowest BCUT2D eigenvalue weighted by Gasteiger charge is -2.32. The molecule has 0 unspecified atom stereocenters. The Labute approximate surface area is 77.8 Å². The van der Waals surface area contributed by atoms with Crippen molar-refractivity contribution in [1.29, 1.82) is 5.26 Å². The smallest absolute Gasteiger partial charge is 0.184 e. The predicted octanol–water partition coefficient (Wildman–Crippen LogP) is 1.42. The van der Waals surface area contributed by atoms with E-state index in [-0.39, 0.29) is 0 Å². The van der Waals surface area contributed by atoms with E-state index in [1.807, 2.05) is 31.3 Å². The summed E-state index contributed by atoms with van der Waals surface area (Å²) in [5.41, 5.74) is 2.15. The molecule has 0 fully saturated rings. The molecule has 0 atom stereocenters. The summed E-state index contributed by atoms with van der Waals surface area (Å²) in [7, 11) is 2.05. The number of nitriles is 1.